The van der Waals surface area contributed by atoms with E-state index in [2.05, 4.69) is 5.32 Å². The first kappa shape index (κ1) is 14.4. The summed E-state index contributed by atoms with van der Waals surface area (Å²) >= 11 is 11.7. The van der Waals surface area contributed by atoms with E-state index in [1.165, 1.54) is 12.1 Å². The lowest BCUT2D eigenvalue weighted by molar-refractivity contribution is 0.207. The Bertz CT molecular complexity index is 665. The maximum atomic E-state index is 12.5. The Morgan fingerprint density at radius 2 is 1.68 bits per heavy atom. The van der Waals surface area contributed by atoms with Crippen LogP contribution in [0, 0.1) is 0 Å². The van der Waals surface area contributed by atoms with Crippen molar-refractivity contribution in [3.8, 4) is 0 Å². The van der Waals surface area contributed by atoms with E-state index in [1.807, 2.05) is 0 Å². The lowest BCUT2D eigenvalue weighted by Crippen LogP contribution is -2.53. The quantitative estimate of drug-likeness (QED) is 0.796. The molecule has 1 aliphatic heterocycles. The smallest absolute Gasteiger partial charge is 0.306 e. The van der Waals surface area contributed by atoms with Gasteiger partial charge in [-0.15, -0.1) is 0 Å². The molecule has 5 nitrogen and oxygen atoms in total. The van der Waals surface area contributed by atoms with Crippen LogP contribution in [0.25, 0.3) is 0 Å². The van der Waals surface area contributed by atoms with Crippen molar-refractivity contribution in [3.63, 3.8) is 0 Å². The van der Waals surface area contributed by atoms with Gasteiger partial charge in [0, 0.05) is 0 Å². The second-order valence-electron chi connectivity index (χ2n) is 5.13. The van der Waals surface area contributed by atoms with Gasteiger partial charge in [-0.3, -0.25) is 0 Å². The second kappa shape index (κ2) is 4.26. The van der Waals surface area contributed by atoms with Crippen LogP contribution in [-0.4, -0.2) is 24.3 Å². The highest BCUT2D eigenvalue weighted by Crippen LogP contribution is 2.38. The van der Waals surface area contributed by atoms with Gasteiger partial charge in [-0.05, 0) is 32.9 Å². The maximum absolute atomic E-state index is 12.5. The average molecular weight is 323 g/mol. The van der Waals surface area contributed by atoms with Crippen molar-refractivity contribution in [1.82, 2.24) is 4.31 Å². The predicted molar refractivity (Wildman–Crippen MR) is 74.3 cm³/mol. The van der Waals surface area contributed by atoms with Crippen molar-refractivity contribution >= 4 is 44.9 Å². The van der Waals surface area contributed by atoms with Crippen molar-refractivity contribution in [2.75, 3.05) is 5.32 Å². The summed E-state index contributed by atoms with van der Waals surface area (Å²) in [5.41, 5.74) is -0.743. The molecule has 2 rings (SSSR count). The number of hydrogen-bond acceptors (Lipinski definition) is 3. The van der Waals surface area contributed by atoms with Crippen LogP contribution in [0.1, 0.15) is 20.8 Å². The van der Waals surface area contributed by atoms with E-state index >= 15 is 0 Å². The Morgan fingerprint density at radius 1 is 1.16 bits per heavy atom. The minimum Gasteiger partial charge on any atom is -0.306 e. The zero-order valence-corrected chi connectivity index (χ0v) is 12.8. The van der Waals surface area contributed by atoms with Gasteiger partial charge in [0.05, 0.1) is 21.3 Å². The Kier molecular flexibility index (Phi) is 3.24. The number of halogens is 2. The molecule has 0 radical (unpaired) electrons. The number of carbonyl (C=O) groups excluding carboxylic acids is 1. The zero-order valence-electron chi connectivity index (χ0n) is 10.5. The minimum absolute atomic E-state index is 0.0589. The Morgan fingerprint density at radius 3 is 2.21 bits per heavy atom. The van der Waals surface area contributed by atoms with E-state index in [9.17, 15) is 13.2 Å². The number of fused-ring (bicyclic) bond motifs is 1. The molecule has 0 atom stereocenters. The van der Waals surface area contributed by atoms with Gasteiger partial charge in [-0.1, -0.05) is 23.2 Å². The molecule has 104 valence electrons. The highest BCUT2D eigenvalue weighted by Gasteiger charge is 2.43. The fraction of sp³-hybridized carbons (Fsp3) is 0.364. The van der Waals surface area contributed by atoms with Crippen LogP contribution in [0.15, 0.2) is 17.0 Å². The first-order valence-electron chi connectivity index (χ1n) is 5.40. The Balaban J connectivity index is 2.73. The molecule has 1 aromatic carbocycles. The number of nitrogens with zero attached hydrogens (tertiary/aromatic N) is 1. The Labute approximate surface area is 121 Å². The van der Waals surface area contributed by atoms with E-state index in [4.69, 9.17) is 23.2 Å². The minimum atomic E-state index is -3.95. The van der Waals surface area contributed by atoms with Gasteiger partial charge in [-0.25, -0.2) is 17.5 Å². The van der Waals surface area contributed by atoms with E-state index in [-0.39, 0.29) is 20.6 Å². The highest BCUT2D eigenvalue weighted by atomic mass is 35.5. The van der Waals surface area contributed by atoms with Crippen LogP contribution >= 0.6 is 23.2 Å². The summed E-state index contributed by atoms with van der Waals surface area (Å²) in [6, 6.07) is 1.86. The molecule has 1 aromatic rings. The molecular formula is C11H12Cl2N2O3S. The largest absolute Gasteiger partial charge is 0.336 e. The van der Waals surface area contributed by atoms with Crippen LogP contribution in [0.4, 0.5) is 10.5 Å². The van der Waals surface area contributed by atoms with Crippen molar-refractivity contribution < 1.29 is 13.2 Å². The molecule has 0 aromatic heterocycles. The number of carbonyl (C=O) groups is 1. The van der Waals surface area contributed by atoms with Crippen LogP contribution in [0.2, 0.25) is 10.0 Å². The Hall–Kier alpha value is -0.980. The molecule has 1 aliphatic rings. The molecule has 1 N–H and O–H groups in total. The third-order valence-corrected chi connectivity index (χ3v) is 5.39. The van der Waals surface area contributed by atoms with Crippen molar-refractivity contribution in [1.29, 1.82) is 0 Å². The number of hydrogen-bond donors (Lipinski definition) is 1. The highest BCUT2D eigenvalue weighted by molar-refractivity contribution is 7.90. The lowest BCUT2D eigenvalue weighted by atomic mass is 10.1. The van der Waals surface area contributed by atoms with Gasteiger partial charge in [0.15, 0.2) is 0 Å². The summed E-state index contributed by atoms with van der Waals surface area (Å²) in [6.45, 7) is 4.89. The fourth-order valence-electron chi connectivity index (χ4n) is 1.88. The first-order valence-corrected chi connectivity index (χ1v) is 7.60. The predicted octanol–water partition coefficient (Wildman–Crippen LogP) is 3.33. The normalized spacial score (nSPS) is 17.9. The van der Waals surface area contributed by atoms with Gasteiger partial charge in [0.1, 0.15) is 4.90 Å². The zero-order chi connectivity index (χ0) is 14.6. The lowest BCUT2D eigenvalue weighted by Gasteiger charge is -2.37. The molecule has 0 spiro atoms. The van der Waals surface area contributed by atoms with Gasteiger partial charge in [0.25, 0.3) is 10.0 Å². The number of nitrogens with one attached hydrogen (secondary N) is 1. The van der Waals surface area contributed by atoms with Crippen LogP contribution < -0.4 is 5.32 Å². The second-order valence-corrected chi connectivity index (χ2v) is 7.70. The van der Waals surface area contributed by atoms with Crippen molar-refractivity contribution in [2.45, 2.75) is 31.2 Å². The number of rotatable bonds is 0. The number of amides is 2. The number of anilines is 1. The number of sulfonamides is 1. The molecule has 0 saturated carbocycles. The van der Waals surface area contributed by atoms with E-state index in [0.717, 1.165) is 4.31 Å². The van der Waals surface area contributed by atoms with Gasteiger partial charge in [0.2, 0.25) is 0 Å². The SMILES string of the molecule is CC(C)(C)N1C(=O)Nc2cc(Cl)c(Cl)cc2S1(=O)=O. The van der Waals surface area contributed by atoms with Gasteiger partial charge < -0.3 is 5.32 Å². The summed E-state index contributed by atoms with van der Waals surface area (Å²) in [7, 11) is -3.95. The van der Waals surface area contributed by atoms with E-state index in [0.29, 0.717) is 0 Å². The molecule has 0 unspecified atom stereocenters. The molecule has 0 saturated heterocycles. The van der Waals surface area contributed by atoms with Crippen LogP contribution in [-0.2, 0) is 10.0 Å². The molecule has 0 bridgehead atoms. The third kappa shape index (κ3) is 2.28. The molecule has 0 aliphatic carbocycles. The molecule has 0 fully saturated rings. The van der Waals surface area contributed by atoms with E-state index in [1.54, 1.807) is 20.8 Å². The van der Waals surface area contributed by atoms with Gasteiger partial charge >= 0.3 is 6.03 Å². The summed E-state index contributed by atoms with van der Waals surface area (Å²) in [4.78, 5) is 11.9. The van der Waals surface area contributed by atoms with Crippen LogP contribution in [0.3, 0.4) is 0 Å². The van der Waals surface area contributed by atoms with Crippen molar-refractivity contribution in [3.05, 3.63) is 22.2 Å². The first-order chi connectivity index (χ1) is 8.55. The maximum Gasteiger partial charge on any atom is 0.336 e. The summed E-state index contributed by atoms with van der Waals surface area (Å²) in [6.07, 6.45) is 0. The topological polar surface area (TPSA) is 66.5 Å². The summed E-state index contributed by atoms with van der Waals surface area (Å²) in [5, 5.41) is 2.81. The average Bonchev–Trinajstić information content (AvgIpc) is 2.18. The van der Waals surface area contributed by atoms with Crippen molar-refractivity contribution in [2.24, 2.45) is 0 Å². The molecule has 2 amide bonds. The number of urea groups is 1. The summed E-state index contributed by atoms with van der Waals surface area (Å²) < 4.78 is 25.8. The molecular weight excluding hydrogens is 311 g/mol. The molecule has 8 heteroatoms. The number of benzene rings is 1. The fourth-order valence-corrected chi connectivity index (χ4v) is 4.11. The molecule has 19 heavy (non-hydrogen) atoms. The molecule has 1 heterocycles. The van der Waals surface area contributed by atoms with Gasteiger partial charge in [-0.2, -0.15) is 0 Å². The van der Waals surface area contributed by atoms with E-state index < -0.39 is 21.6 Å². The van der Waals surface area contributed by atoms with Crippen LogP contribution in [0.5, 0.6) is 0 Å². The standard InChI is InChI=1S/C11H12Cl2N2O3S/c1-11(2,3)15-10(16)14-8-4-6(12)7(13)5-9(8)19(15,17)18/h4-5H,1-3H3,(H,14,16). The summed E-state index contributed by atoms with van der Waals surface area (Å²) in [5.74, 6) is 0. The monoisotopic (exact) mass is 322 g/mol. The third-order valence-electron chi connectivity index (χ3n) is 2.58.